The topological polar surface area (TPSA) is 99.1 Å². The van der Waals surface area contributed by atoms with E-state index in [9.17, 15) is 0 Å². The number of anilines is 1. The summed E-state index contributed by atoms with van der Waals surface area (Å²) in [5.41, 5.74) is 6.59. The second kappa shape index (κ2) is 5.58. The van der Waals surface area contributed by atoms with Crippen molar-refractivity contribution in [2.45, 2.75) is 26.8 Å². The number of amidine groups is 1. The lowest BCUT2D eigenvalue weighted by molar-refractivity contribution is 0.298. The normalized spacial score (nSPS) is 10.6. The minimum atomic E-state index is -0.0792. The molecular weight excluding hydrogens is 218 g/mol. The van der Waals surface area contributed by atoms with E-state index in [1.54, 1.807) is 6.07 Å². The molecule has 6 heteroatoms. The third-order valence-electron chi connectivity index (χ3n) is 2.34. The average molecular weight is 237 g/mol. The quantitative estimate of drug-likeness (QED) is 0.504. The van der Waals surface area contributed by atoms with E-state index < -0.39 is 0 Å². The molecule has 0 aliphatic carbocycles. The van der Waals surface area contributed by atoms with Gasteiger partial charge in [-0.25, -0.2) is 9.97 Å². The Hall–Kier alpha value is -1.69. The zero-order chi connectivity index (χ0) is 13.0. The van der Waals surface area contributed by atoms with Crippen LogP contribution in [0, 0.1) is 12.3 Å². The molecule has 6 nitrogen and oxygen atoms in total. The second-order valence-electron chi connectivity index (χ2n) is 4.12. The SMILES string of the molecule is Cc1cc(C(=N)N)nc(N(CCO)C(C)C)n1. The van der Waals surface area contributed by atoms with E-state index >= 15 is 0 Å². The first-order chi connectivity index (χ1) is 7.95. The molecule has 4 N–H and O–H groups in total. The van der Waals surface area contributed by atoms with E-state index in [1.165, 1.54) is 0 Å². The predicted octanol–water partition coefficient (Wildman–Crippen LogP) is 0.276. The molecule has 0 fully saturated rings. The summed E-state index contributed by atoms with van der Waals surface area (Å²) in [7, 11) is 0. The van der Waals surface area contributed by atoms with E-state index in [2.05, 4.69) is 9.97 Å². The fourth-order valence-electron chi connectivity index (χ4n) is 1.52. The minimum Gasteiger partial charge on any atom is -0.395 e. The highest BCUT2D eigenvalue weighted by molar-refractivity contribution is 5.93. The lowest BCUT2D eigenvalue weighted by Gasteiger charge is -2.26. The van der Waals surface area contributed by atoms with Crippen LogP contribution in [-0.2, 0) is 0 Å². The van der Waals surface area contributed by atoms with Gasteiger partial charge in [0, 0.05) is 18.3 Å². The highest BCUT2D eigenvalue weighted by atomic mass is 16.3. The maximum Gasteiger partial charge on any atom is 0.226 e. The van der Waals surface area contributed by atoms with Crippen molar-refractivity contribution in [2.24, 2.45) is 5.73 Å². The van der Waals surface area contributed by atoms with Gasteiger partial charge in [0.1, 0.15) is 11.5 Å². The number of aliphatic hydroxyl groups is 1. The van der Waals surface area contributed by atoms with Gasteiger partial charge in [-0.2, -0.15) is 0 Å². The van der Waals surface area contributed by atoms with Gasteiger partial charge >= 0.3 is 0 Å². The Kier molecular flexibility index (Phi) is 4.39. The summed E-state index contributed by atoms with van der Waals surface area (Å²) in [6.45, 7) is 6.31. The molecule has 0 aromatic carbocycles. The van der Waals surface area contributed by atoms with Gasteiger partial charge in [0.15, 0.2) is 0 Å². The molecule has 0 aliphatic heterocycles. The Balaban J connectivity index is 3.14. The van der Waals surface area contributed by atoms with Crippen molar-refractivity contribution in [3.63, 3.8) is 0 Å². The molecule has 0 bridgehead atoms. The Bertz CT molecular complexity index is 405. The van der Waals surface area contributed by atoms with Gasteiger partial charge in [0.2, 0.25) is 5.95 Å². The maximum absolute atomic E-state index is 9.03. The monoisotopic (exact) mass is 237 g/mol. The zero-order valence-corrected chi connectivity index (χ0v) is 10.4. The number of aryl methyl sites for hydroxylation is 1. The van der Waals surface area contributed by atoms with E-state index in [-0.39, 0.29) is 18.5 Å². The molecule has 1 rings (SSSR count). The number of nitrogens with zero attached hydrogens (tertiary/aromatic N) is 3. The van der Waals surface area contributed by atoms with Crippen LogP contribution in [0.3, 0.4) is 0 Å². The molecule has 0 radical (unpaired) electrons. The molecule has 1 aromatic rings. The second-order valence-corrected chi connectivity index (χ2v) is 4.12. The van der Waals surface area contributed by atoms with Gasteiger partial charge < -0.3 is 15.7 Å². The first-order valence-corrected chi connectivity index (χ1v) is 5.53. The van der Waals surface area contributed by atoms with Crippen molar-refractivity contribution in [3.8, 4) is 0 Å². The van der Waals surface area contributed by atoms with Crippen molar-refractivity contribution in [1.29, 1.82) is 5.41 Å². The largest absolute Gasteiger partial charge is 0.395 e. The van der Waals surface area contributed by atoms with Crippen molar-refractivity contribution >= 4 is 11.8 Å². The molecule has 0 saturated heterocycles. The predicted molar refractivity (Wildman–Crippen MR) is 67.4 cm³/mol. The van der Waals surface area contributed by atoms with Crippen LogP contribution in [0.5, 0.6) is 0 Å². The number of nitrogen functional groups attached to an aromatic ring is 1. The molecule has 0 saturated carbocycles. The molecule has 0 atom stereocenters. The van der Waals surface area contributed by atoms with Crippen molar-refractivity contribution < 1.29 is 5.11 Å². The molecular formula is C11H19N5O. The van der Waals surface area contributed by atoms with Crippen LogP contribution < -0.4 is 10.6 Å². The Morgan fingerprint density at radius 2 is 2.18 bits per heavy atom. The molecule has 0 amide bonds. The fraction of sp³-hybridized carbons (Fsp3) is 0.545. The van der Waals surface area contributed by atoms with Gasteiger partial charge in [-0.15, -0.1) is 0 Å². The molecule has 17 heavy (non-hydrogen) atoms. The first kappa shape index (κ1) is 13.4. The third kappa shape index (κ3) is 3.39. The smallest absolute Gasteiger partial charge is 0.226 e. The van der Waals surface area contributed by atoms with Crippen LogP contribution >= 0.6 is 0 Å². The molecule has 0 unspecified atom stereocenters. The van der Waals surface area contributed by atoms with E-state index in [4.69, 9.17) is 16.2 Å². The van der Waals surface area contributed by atoms with Crippen LogP contribution in [0.2, 0.25) is 0 Å². The van der Waals surface area contributed by atoms with Gasteiger partial charge in [-0.1, -0.05) is 0 Å². The summed E-state index contributed by atoms with van der Waals surface area (Å²) in [5, 5.41) is 16.4. The van der Waals surface area contributed by atoms with Crippen LogP contribution in [0.1, 0.15) is 25.2 Å². The minimum absolute atomic E-state index is 0.0326. The van der Waals surface area contributed by atoms with Gasteiger partial charge in [0.25, 0.3) is 0 Å². The highest BCUT2D eigenvalue weighted by Gasteiger charge is 2.14. The summed E-state index contributed by atoms with van der Waals surface area (Å²) in [5.74, 6) is 0.420. The van der Waals surface area contributed by atoms with Gasteiger partial charge in [-0.05, 0) is 26.8 Å². The fourth-order valence-corrected chi connectivity index (χ4v) is 1.52. The molecule has 1 heterocycles. The van der Waals surface area contributed by atoms with Crippen molar-refractivity contribution in [2.75, 3.05) is 18.1 Å². The number of aromatic nitrogens is 2. The summed E-state index contributed by atoms with van der Waals surface area (Å²) in [4.78, 5) is 10.4. The number of aliphatic hydroxyl groups excluding tert-OH is 1. The van der Waals surface area contributed by atoms with Gasteiger partial charge in [0.05, 0.1) is 6.61 Å². The highest BCUT2D eigenvalue weighted by Crippen LogP contribution is 2.12. The van der Waals surface area contributed by atoms with Gasteiger partial charge in [-0.3, -0.25) is 5.41 Å². The number of rotatable bonds is 5. The van der Waals surface area contributed by atoms with Crippen molar-refractivity contribution in [1.82, 2.24) is 9.97 Å². The molecule has 0 spiro atoms. The summed E-state index contributed by atoms with van der Waals surface area (Å²) in [6.07, 6.45) is 0. The lowest BCUT2D eigenvalue weighted by Crippen LogP contribution is -2.35. The summed E-state index contributed by atoms with van der Waals surface area (Å²) in [6, 6.07) is 1.84. The number of nitrogens with two attached hydrogens (primary N) is 1. The zero-order valence-electron chi connectivity index (χ0n) is 10.4. The summed E-state index contributed by atoms with van der Waals surface area (Å²) >= 11 is 0. The van der Waals surface area contributed by atoms with Crippen LogP contribution in [-0.4, -0.2) is 40.1 Å². The molecule has 0 aliphatic rings. The van der Waals surface area contributed by atoms with E-state index in [0.717, 1.165) is 5.69 Å². The summed E-state index contributed by atoms with van der Waals surface area (Å²) < 4.78 is 0. The lowest BCUT2D eigenvalue weighted by atomic mass is 10.3. The number of nitrogens with one attached hydrogen (secondary N) is 1. The molecule has 1 aromatic heterocycles. The van der Waals surface area contributed by atoms with E-state index in [1.807, 2.05) is 25.7 Å². The average Bonchev–Trinajstić information content (AvgIpc) is 2.24. The van der Waals surface area contributed by atoms with Crippen LogP contribution in [0.4, 0.5) is 5.95 Å². The Morgan fingerprint density at radius 1 is 1.53 bits per heavy atom. The van der Waals surface area contributed by atoms with Crippen LogP contribution in [0.15, 0.2) is 6.07 Å². The standard InChI is InChI=1S/C11H19N5O/c1-7(2)16(4-5-17)11-14-8(3)6-9(15-11)10(12)13/h6-7,17H,4-5H2,1-3H3,(H3,12,13). The van der Waals surface area contributed by atoms with Crippen LogP contribution in [0.25, 0.3) is 0 Å². The Labute approximate surface area is 101 Å². The number of hydrogen-bond donors (Lipinski definition) is 3. The maximum atomic E-state index is 9.03. The van der Waals surface area contributed by atoms with E-state index in [0.29, 0.717) is 18.2 Å². The van der Waals surface area contributed by atoms with Crippen molar-refractivity contribution in [3.05, 3.63) is 17.5 Å². The number of hydrogen-bond acceptors (Lipinski definition) is 5. The Morgan fingerprint density at radius 3 is 2.65 bits per heavy atom. The third-order valence-corrected chi connectivity index (χ3v) is 2.34. The molecule has 94 valence electrons. The first-order valence-electron chi connectivity index (χ1n) is 5.53.